The van der Waals surface area contributed by atoms with E-state index in [-0.39, 0.29) is 23.6 Å². The lowest BCUT2D eigenvalue weighted by atomic mass is 9.82. The van der Waals surface area contributed by atoms with Gasteiger partial charge in [-0.05, 0) is 80.3 Å². The van der Waals surface area contributed by atoms with E-state index in [1.165, 1.54) is 6.42 Å². The smallest absolute Gasteiger partial charge is 0.242 e. The van der Waals surface area contributed by atoms with Crippen LogP contribution in [0.1, 0.15) is 67.6 Å². The second-order valence-corrected chi connectivity index (χ2v) is 11.7. The van der Waals surface area contributed by atoms with Gasteiger partial charge in [0.05, 0.1) is 5.92 Å². The number of hydrogen-bond donors (Lipinski definition) is 5. The molecule has 6 N–H and O–H groups in total. The van der Waals surface area contributed by atoms with E-state index in [0.29, 0.717) is 24.4 Å². The van der Waals surface area contributed by atoms with Gasteiger partial charge in [0.1, 0.15) is 11.9 Å². The molecule has 2 atom stereocenters. The second-order valence-electron chi connectivity index (χ2n) is 10.7. The topological polar surface area (TPSA) is 120 Å². The summed E-state index contributed by atoms with van der Waals surface area (Å²) in [4.78, 5) is 27.4. The van der Waals surface area contributed by atoms with Gasteiger partial charge in [-0.2, -0.15) is 0 Å². The summed E-state index contributed by atoms with van der Waals surface area (Å²) in [6.45, 7) is 2.65. The van der Waals surface area contributed by atoms with Gasteiger partial charge in [-0.3, -0.25) is 15.0 Å². The number of halogens is 1. The molecule has 4 rings (SSSR count). The number of rotatable bonds is 10. The molecule has 2 amide bonds. The molecule has 1 aliphatic heterocycles. The maximum absolute atomic E-state index is 13.9. The minimum atomic E-state index is -0.528. The quantitative estimate of drug-likeness (QED) is 0.213. The Hall–Kier alpha value is -2.71. The Balaban J connectivity index is 1.53. The van der Waals surface area contributed by atoms with Gasteiger partial charge in [0.25, 0.3) is 0 Å². The zero-order chi connectivity index (χ0) is 26.9. The van der Waals surface area contributed by atoms with E-state index in [4.69, 9.17) is 11.1 Å². The molecule has 2 aromatic carbocycles. The molecule has 2 aliphatic rings. The van der Waals surface area contributed by atoms with Gasteiger partial charge in [0.2, 0.25) is 11.8 Å². The highest BCUT2D eigenvalue weighted by molar-refractivity contribution is 9.10. The average Bonchev–Trinajstić information content (AvgIpc) is 2.94. The van der Waals surface area contributed by atoms with Gasteiger partial charge in [0, 0.05) is 16.6 Å². The molecule has 38 heavy (non-hydrogen) atoms. The van der Waals surface area contributed by atoms with Gasteiger partial charge in [-0.25, -0.2) is 0 Å². The molecule has 1 saturated heterocycles. The highest BCUT2D eigenvalue weighted by atomic mass is 79.9. The lowest BCUT2D eigenvalue weighted by Crippen LogP contribution is -2.53. The maximum atomic E-state index is 13.9. The summed E-state index contributed by atoms with van der Waals surface area (Å²) in [5.41, 5.74) is 8.14. The number of carbonyl (C=O) groups is 2. The fraction of sp³-hybridized carbons (Fsp3) is 0.500. The summed E-state index contributed by atoms with van der Waals surface area (Å²) in [5.74, 6) is 0.00518. The zero-order valence-corrected chi connectivity index (χ0v) is 23.6. The number of amidine groups is 1. The van der Waals surface area contributed by atoms with Crippen molar-refractivity contribution in [3.63, 3.8) is 0 Å². The van der Waals surface area contributed by atoms with E-state index in [1.54, 1.807) is 0 Å². The molecule has 0 aromatic heterocycles. The highest BCUT2D eigenvalue weighted by Gasteiger charge is 2.33. The van der Waals surface area contributed by atoms with Crippen molar-refractivity contribution in [3.8, 4) is 0 Å². The van der Waals surface area contributed by atoms with E-state index in [1.807, 2.05) is 48.5 Å². The summed E-state index contributed by atoms with van der Waals surface area (Å²) in [6.07, 6.45) is 7.90. The molecule has 0 spiro atoms. The number of piperidine rings is 1. The van der Waals surface area contributed by atoms with Gasteiger partial charge in [0.15, 0.2) is 0 Å². The van der Waals surface area contributed by atoms with Crippen LogP contribution in [0.15, 0.2) is 53.0 Å². The van der Waals surface area contributed by atoms with Crippen LogP contribution in [-0.4, -0.2) is 43.3 Å². The van der Waals surface area contributed by atoms with Gasteiger partial charge < -0.3 is 21.7 Å². The lowest BCUT2D eigenvalue weighted by Gasteiger charge is -2.32. The van der Waals surface area contributed by atoms with Crippen LogP contribution in [-0.2, 0) is 16.0 Å². The molecule has 8 heteroatoms. The van der Waals surface area contributed by atoms with E-state index in [9.17, 15) is 9.59 Å². The van der Waals surface area contributed by atoms with Gasteiger partial charge in [-0.15, -0.1) is 0 Å². The first kappa shape index (κ1) is 28.3. The Morgan fingerprint density at radius 3 is 2.37 bits per heavy atom. The summed E-state index contributed by atoms with van der Waals surface area (Å²) in [5, 5.41) is 17.4. The normalized spacial score (nSPS) is 18.3. The van der Waals surface area contributed by atoms with E-state index < -0.39 is 12.0 Å². The van der Waals surface area contributed by atoms with Crippen molar-refractivity contribution in [1.29, 1.82) is 5.41 Å². The highest BCUT2D eigenvalue weighted by Crippen LogP contribution is 2.29. The summed E-state index contributed by atoms with van der Waals surface area (Å²) >= 11 is 3.55. The third-order valence-corrected chi connectivity index (χ3v) is 8.49. The van der Waals surface area contributed by atoms with Crippen molar-refractivity contribution in [2.24, 2.45) is 17.6 Å². The van der Waals surface area contributed by atoms with Crippen molar-refractivity contribution in [2.75, 3.05) is 19.6 Å². The molecule has 1 saturated carbocycles. The molecule has 2 fully saturated rings. The third kappa shape index (κ3) is 7.90. The molecule has 1 unspecified atom stereocenters. The van der Waals surface area contributed by atoms with Crippen molar-refractivity contribution in [3.05, 3.63) is 69.7 Å². The van der Waals surface area contributed by atoms with Crippen LogP contribution in [0, 0.1) is 17.2 Å². The maximum Gasteiger partial charge on any atom is 0.242 e. The number of amides is 2. The molecule has 7 nitrogen and oxygen atoms in total. The van der Waals surface area contributed by atoms with E-state index >= 15 is 0 Å². The Morgan fingerprint density at radius 1 is 1.00 bits per heavy atom. The van der Waals surface area contributed by atoms with Crippen molar-refractivity contribution < 1.29 is 9.59 Å². The Kier molecular flexibility index (Phi) is 10.4. The number of benzene rings is 2. The van der Waals surface area contributed by atoms with Crippen LogP contribution < -0.4 is 21.7 Å². The third-order valence-electron chi connectivity index (χ3n) is 8.00. The number of nitrogen functional groups attached to an aromatic ring is 1. The van der Waals surface area contributed by atoms with Crippen LogP contribution in [0.4, 0.5) is 0 Å². The first-order valence-electron chi connectivity index (χ1n) is 13.9. The molecule has 1 aliphatic carbocycles. The fourth-order valence-electron chi connectivity index (χ4n) is 5.70. The molecule has 0 radical (unpaired) electrons. The molecule has 204 valence electrons. The average molecular weight is 583 g/mol. The summed E-state index contributed by atoms with van der Waals surface area (Å²) in [6, 6.07) is 14.7. The van der Waals surface area contributed by atoms with Crippen molar-refractivity contribution >= 4 is 33.6 Å². The predicted molar refractivity (Wildman–Crippen MR) is 155 cm³/mol. The monoisotopic (exact) mass is 581 g/mol. The minimum Gasteiger partial charge on any atom is -0.384 e. The van der Waals surface area contributed by atoms with Crippen LogP contribution in [0.5, 0.6) is 0 Å². The Morgan fingerprint density at radius 2 is 1.71 bits per heavy atom. The lowest BCUT2D eigenvalue weighted by molar-refractivity contribution is -0.131. The molecular weight excluding hydrogens is 542 g/mol. The standard InChI is InChI=1S/C30H40BrN5O2/c31-25-8-4-7-24(18-25)26(17-20-9-11-23(12-10-20)28(32)33)29(37)36-27(22-5-2-1-3-6-22)30(38)35-19-21-13-15-34-16-14-21/h4,7-12,18,21-22,26-27,34H,1-3,5-6,13-17,19H2,(H3,32,33)(H,35,38)(H,36,37)/t26?,27-/m0/s1. The van der Waals surface area contributed by atoms with Gasteiger partial charge >= 0.3 is 0 Å². The minimum absolute atomic E-state index is 0.0173. The molecule has 2 aromatic rings. The number of nitrogens with two attached hydrogens (primary N) is 1. The van der Waals surface area contributed by atoms with Crippen LogP contribution in [0.25, 0.3) is 0 Å². The first-order valence-corrected chi connectivity index (χ1v) is 14.7. The molecule has 0 bridgehead atoms. The number of nitrogens with one attached hydrogen (secondary N) is 4. The fourth-order valence-corrected chi connectivity index (χ4v) is 6.12. The molecule has 1 heterocycles. The van der Waals surface area contributed by atoms with Crippen LogP contribution in [0.2, 0.25) is 0 Å². The van der Waals surface area contributed by atoms with Crippen LogP contribution in [0.3, 0.4) is 0 Å². The first-order chi connectivity index (χ1) is 18.4. The van der Waals surface area contributed by atoms with Crippen LogP contribution >= 0.6 is 15.9 Å². The number of carbonyl (C=O) groups excluding carboxylic acids is 2. The number of hydrogen-bond acceptors (Lipinski definition) is 4. The Labute approximate surface area is 234 Å². The van der Waals surface area contributed by atoms with Crippen molar-refractivity contribution in [1.82, 2.24) is 16.0 Å². The Bertz CT molecular complexity index is 1090. The second kappa shape index (κ2) is 13.9. The van der Waals surface area contributed by atoms with E-state index in [0.717, 1.165) is 67.2 Å². The van der Waals surface area contributed by atoms with Crippen molar-refractivity contribution in [2.45, 2.75) is 63.3 Å². The molecular formula is C30H40BrN5O2. The largest absolute Gasteiger partial charge is 0.384 e. The summed E-state index contributed by atoms with van der Waals surface area (Å²) in [7, 11) is 0. The zero-order valence-electron chi connectivity index (χ0n) is 22.0. The predicted octanol–water partition coefficient (Wildman–Crippen LogP) is 4.24. The summed E-state index contributed by atoms with van der Waals surface area (Å²) < 4.78 is 0.906. The van der Waals surface area contributed by atoms with Gasteiger partial charge in [-0.1, -0.05) is 71.6 Å². The SMILES string of the molecule is N=C(N)c1ccc(CC(C(=O)N[C@H](C(=O)NCC2CCNCC2)C2CCCCC2)c2cccc(Br)c2)cc1. The van der Waals surface area contributed by atoms with E-state index in [2.05, 4.69) is 31.9 Å².